The van der Waals surface area contributed by atoms with Gasteiger partial charge in [-0.15, -0.1) is 0 Å². The zero-order chi connectivity index (χ0) is 9.03. The third-order valence-corrected chi connectivity index (χ3v) is 2.82. The van der Waals surface area contributed by atoms with Crippen LogP contribution in [0.5, 0.6) is 0 Å². The fraction of sp³-hybridized carbons (Fsp3) is 0.833. The molecule has 0 spiro atoms. The van der Waals surface area contributed by atoms with Gasteiger partial charge in [-0.25, -0.2) is 0 Å². The summed E-state index contributed by atoms with van der Waals surface area (Å²) in [6, 6.07) is 0. The third-order valence-electron chi connectivity index (χ3n) is 2.82. The zero-order valence-corrected chi connectivity index (χ0v) is 8.77. The Morgan fingerprint density at radius 1 is 1.42 bits per heavy atom. The van der Waals surface area contributed by atoms with Crippen LogP contribution in [0.3, 0.4) is 0 Å². The summed E-state index contributed by atoms with van der Waals surface area (Å²) in [4.78, 5) is 0. The Bertz CT molecular complexity index is 153. The Kier molecular flexibility index (Phi) is 3.37. The summed E-state index contributed by atoms with van der Waals surface area (Å²) in [6.07, 6.45) is 11.7. The maximum absolute atomic E-state index is 2.38. The minimum absolute atomic E-state index is 0.469. The third kappa shape index (κ3) is 3.00. The second-order valence-electron chi connectivity index (χ2n) is 4.84. The second kappa shape index (κ2) is 4.11. The van der Waals surface area contributed by atoms with E-state index < -0.39 is 0 Å². The van der Waals surface area contributed by atoms with Gasteiger partial charge in [0.1, 0.15) is 0 Å². The lowest BCUT2D eigenvalue weighted by Crippen LogP contribution is -2.18. The van der Waals surface area contributed by atoms with Crippen molar-refractivity contribution in [2.24, 2.45) is 11.3 Å². The Morgan fingerprint density at radius 3 is 2.75 bits per heavy atom. The molecule has 0 aromatic heterocycles. The van der Waals surface area contributed by atoms with Crippen molar-refractivity contribution in [3.8, 4) is 0 Å². The number of rotatable bonds is 3. The molecular formula is C12H22. The van der Waals surface area contributed by atoms with Crippen LogP contribution in [0.4, 0.5) is 0 Å². The fourth-order valence-corrected chi connectivity index (χ4v) is 2.19. The predicted molar refractivity (Wildman–Crippen MR) is 55.2 cm³/mol. The van der Waals surface area contributed by atoms with Gasteiger partial charge in [-0.3, -0.25) is 0 Å². The maximum atomic E-state index is 2.38. The minimum Gasteiger partial charge on any atom is -0.0877 e. The topological polar surface area (TPSA) is 0 Å². The molecule has 0 aliphatic heterocycles. The highest BCUT2D eigenvalue weighted by Gasteiger charge is 2.22. The van der Waals surface area contributed by atoms with Crippen molar-refractivity contribution >= 4 is 0 Å². The van der Waals surface area contributed by atoms with Crippen molar-refractivity contribution in [1.82, 2.24) is 0 Å². The van der Waals surface area contributed by atoms with Crippen LogP contribution in [-0.2, 0) is 0 Å². The summed E-state index contributed by atoms with van der Waals surface area (Å²) in [5.74, 6) is 0.963. The van der Waals surface area contributed by atoms with Gasteiger partial charge in [0.15, 0.2) is 0 Å². The molecule has 1 unspecified atom stereocenters. The molecule has 0 radical (unpaired) electrons. The molecule has 0 bridgehead atoms. The van der Waals surface area contributed by atoms with Gasteiger partial charge in [-0.1, -0.05) is 52.2 Å². The van der Waals surface area contributed by atoms with Crippen LogP contribution in [0.1, 0.15) is 52.9 Å². The van der Waals surface area contributed by atoms with E-state index in [-0.39, 0.29) is 0 Å². The van der Waals surface area contributed by atoms with Gasteiger partial charge in [-0.05, 0) is 24.2 Å². The minimum atomic E-state index is 0.469. The monoisotopic (exact) mass is 166 g/mol. The second-order valence-corrected chi connectivity index (χ2v) is 4.84. The Morgan fingerprint density at radius 2 is 2.17 bits per heavy atom. The first-order valence-electron chi connectivity index (χ1n) is 5.32. The summed E-state index contributed by atoms with van der Waals surface area (Å²) >= 11 is 0. The molecule has 0 N–H and O–H groups in total. The average Bonchev–Trinajstić information content (AvgIpc) is 1.99. The molecule has 0 saturated heterocycles. The molecule has 70 valence electrons. The first-order chi connectivity index (χ1) is 5.64. The molecule has 1 atom stereocenters. The molecule has 0 amide bonds. The van der Waals surface area contributed by atoms with Crippen LogP contribution in [-0.4, -0.2) is 0 Å². The standard InChI is InChI=1S/C12H22/c1-4-5-7-11-8-6-9-12(2,3)10-11/h6,9,11H,4-5,7-8,10H2,1-3H3. The van der Waals surface area contributed by atoms with E-state index in [2.05, 4.69) is 32.9 Å². The van der Waals surface area contributed by atoms with Crippen LogP contribution in [0.25, 0.3) is 0 Å². The molecule has 0 saturated carbocycles. The Hall–Kier alpha value is -0.260. The van der Waals surface area contributed by atoms with Gasteiger partial charge in [0, 0.05) is 0 Å². The summed E-state index contributed by atoms with van der Waals surface area (Å²) in [7, 11) is 0. The highest BCUT2D eigenvalue weighted by Crippen LogP contribution is 2.35. The van der Waals surface area contributed by atoms with Crippen LogP contribution in [0.15, 0.2) is 12.2 Å². The molecule has 0 fully saturated rings. The van der Waals surface area contributed by atoms with E-state index in [4.69, 9.17) is 0 Å². The van der Waals surface area contributed by atoms with E-state index in [9.17, 15) is 0 Å². The van der Waals surface area contributed by atoms with Gasteiger partial charge in [-0.2, -0.15) is 0 Å². The molecule has 1 aliphatic carbocycles. The lowest BCUT2D eigenvalue weighted by Gasteiger charge is -2.30. The van der Waals surface area contributed by atoms with Crippen molar-refractivity contribution in [3.63, 3.8) is 0 Å². The summed E-state index contributed by atoms with van der Waals surface area (Å²) in [6.45, 7) is 6.98. The van der Waals surface area contributed by atoms with Crippen molar-refractivity contribution in [2.75, 3.05) is 0 Å². The quantitative estimate of drug-likeness (QED) is 0.552. The normalized spacial score (nSPS) is 27.4. The Balaban J connectivity index is 2.35. The van der Waals surface area contributed by atoms with E-state index in [0.717, 1.165) is 5.92 Å². The number of allylic oxidation sites excluding steroid dienone is 2. The highest BCUT2D eigenvalue weighted by atomic mass is 14.3. The maximum Gasteiger partial charge on any atom is -0.0172 e. The fourth-order valence-electron chi connectivity index (χ4n) is 2.19. The lowest BCUT2D eigenvalue weighted by atomic mass is 9.75. The highest BCUT2D eigenvalue weighted by molar-refractivity contribution is 5.01. The van der Waals surface area contributed by atoms with Crippen LogP contribution >= 0.6 is 0 Å². The van der Waals surface area contributed by atoms with Crippen LogP contribution in [0, 0.1) is 11.3 Å². The smallest absolute Gasteiger partial charge is 0.0172 e. The molecule has 0 aromatic rings. The zero-order valence-electron chi connectivity index (χ0n) is 8.77. The van der Waals surface area contributed by atoms with Crippen LogP contribution < -0.4 is 0 Å². The lowest BCUT2D eigenvalue weighted by molar-refractivity contribution is 0.295. The summed E-state index contributed by atoms with van der Waals surface area (Å²) in [5.41, 5.74) is 0.469. The van der Waals surface area contributed by atoms with Gasteiger partial charge in [0.2, 0.25) is 0 Å². The van der Waals surface area contributed by atoms with Gasteiger partial charge in [0.25, 0.3) is 0 Å². The molecule has 0 heteroatoms. The van der Waals surface area contributed by atoms with E-state index in [0.29, 0.717) is 5.41 Å². The van der Waals surface area contributed by atoms with Crippen LogP contribution in [0.2, 0.25) is 0 Å². The first kappa shape index (κ1) is 9.83. The van der Waals surface area contributed by atoms with Crippen molar-refractivity contribution in [3.05, 3.63) is 12.2 Å². The number of hydrogen-bond donors (Lipinski definition) is 0. The van der Waals surface area contributed by atoms with Gasteiger partial charge < -0.3 is 0 Å². The molecule has 12 heavy (non-hydrogen) atoms. The first-order valence-corrected chi connectivity index (χ1v) is 5.32. The van der Waals surface area contributed by atoms with E-state index in [1.54, 1.807) is 0 Å². The van der Waals surface area contributed by atoms with Gasteiger partial charge in [0.05, 0.1) is 0 Å². The molecule has 1 aliphatic rings. The molecule has 0 aromatic carbocycles. The van der Waals surface area contributed by atoms with Crippen molar-refractivity contribution < 1.29 is 0 Å². The molecule has 0 nitrogen and oxygen atoms in total. The number of unbranched alkanes of at least 4 members (excludes halogenated alkanes) is 1. The van der Waals surface area contributed by atoms with E-state index in [1.807, 2.05) is 0 Å². The summed E-state index contributed by atoms with van der Waals surface area (Å²) < 4.78 is 0. The van der Waals surface area contributed by atoms with Crippen molar-refractivity contribution in [2.45, 2.75) is 52.9 Å². The van der Waals surface area contributed by atoms with Gasteiger partial charge >= 0.3 is 0 Å². The number of hydrogen-bond acceptors (Lipinski definition) is 0. The summed E-state index contributed by atoms with van der Waals surface area (Å²) in [5, 5.41) is 0. The molecular weight excluding hydrogens is 144 g/mol. The predicted octanol–water partition coefficient (Wildman–Crippen LogP) is 4.17. The Labute approximate surface area is 77.1 Å². The molecule has 0 heterocycles. The van der Waals surface area contributed by atoms with E-state index in [1.165, 1.54) is 32.1 Å². The van der Waals surface area contributed by atoms with Crippen molar-refractivity contribution in [1.29, 1.82) is 0 Å². The van der Waals surface area contributed by atoms with E-state index >= 15 is 0 Å². The average molecular weight is 166 g/mol. The largest absolute Gasteiger partial charge is 0.0877 e. The molecule has 1 rings (SSSR count). The SMILES string of the molecule is CCCCC1CC=CC(C)(C)C1.